The van der Waals surface area contributed by atoms with Gasteiger partial charge in [0.05, 0.1) is 16.2 Å². The summed E-state index contributed by atoms with van der Waals surface area (Å²) in [5.74, 6) is 0.562. The Hall–Kier alpha value is -2.70. The van der Waals surface area contributed by atoms with Crippen LogP contribution >= 0.6 is 11.6 Å². The summed E-state index contributed by atoms with van der Waals surface area (Å²) in [5.41, 5.74) is 2.43. The van der Waals surface area contributed by atoms with E-state index in [4.69, 9.17) is 11.6 Å². The molecule has 0 bridgehead atoms. The number of halogens is 1. The molecule has 0 N–H and O–H groups in total. The van der Waals surface area contributed by atoms with Crippen LogP contribution < -0.4 is 0 Å². The molecule has 4 aromatic rings. The lowest BCUT2D eigenvalue weighted by Gasteiger charge is -2.11. The average molecular weight is 398 g/mol. The fourth-order valence-corrected chi connectivity index (χ4v) is 4.30. The van der Waals surface area contributed by atoms with E-state index in [0.29, 0.717) is 11.2 Å². The zero-order valence-corrected chi connectivity index (χ0v) is 16.1. The van der Waals surface area contributed by atoms with Crippen molar-refractivity contribution in [3.8, 4) is 16.9 Å². The molecule has 136 valence electrons. The summed E-state index contributed by atoms with van der Waals surface area (Å²) in [6.45, 7) is 1.64. The van der Waals surface area contributed by atoms with E-state index in [0.717, 1.165) is 16.6 Å². The molecular weight excluding hydrogens is 382 g/mol. The van der Waals surface area contributed by atoms with Crippen molar-refractivity contribution < 1.29 is 8.42 Å². The highest BCUT2D eigenvalue weighted by molar-refractivity contribution is 7.91. The van der Waals surface area contributed by atoms with Crippen molar-refractivity contribution in [3.05, 3.63) is 72.3 Å². The maximum absolute atomic E-state index is 12.6. The summed E-state index contributed by atoms with van der Waals surface area (Å²) in [6, 6.07) is 17.0. The molecule has 5 nitrogen and oxygen atoms in total. The zero-order chi connectivity index (χ0) is 19.0. The van der Waals surface area contributed by atoms with Crippen molar-refractivity contribution >= 4 is 32.3 Å². The van der Waals surface area contributed by atoms with E-state index >= 15 is 0 Å². The van der Waals surface area contributed by atoms with Gasteiger partial charge >= 0.3 is 0 Å². The van der Waals surface area contributed by atoms with Crippen LogP contribution in [-0.2, 0) is 9.84 Å². The van der Waals surface area contributed by atoms with E-state index in [1.165, 1.54) is 0 Å². The minimum absolute atomic E-state index is 0.0249. The summed E-state index contributed by atoms with van der Waals surface area (Å²) < 4.78 is 27.0. The maximum atomic E-state index is 12.6. The molecule has 27 heavy (non-hydrogen) atoms. The predicted octanol–water partition coefficient (Wildman–Crippen LogP) is 4.53. The second-order valence-electron chi connectivity index (χ2n) is 6.03. The molecule has 4 rings (SSSR count). The van der Waals surface area contributed by atoms with Gasteiger partial charge in [0.1, 0.15) is 5.82 Å². The van der Waals surface area contributed by atoms with E-state index < -0.39 is 9.84 Å². The molecule has 0 atom stereocenters. The number of nitrogens with zero attached hydrogens (tertiary/aromatic N) is 3. The van der Waals surface area contributed by atoms with Crippen LogP contribution in [0.3, 0.4) is 0 Å². The molecule has 0 amide bonds. The van der Waals surface area contributed by atoms with Gasteiger partial charge < -0.3 is 0 Å². The monoisotopic (exact) mass is 397 g/mol. The molecule has 0 saturated heterocycles. The molecule has 2 heterocycles. The highest BCUT2D eigenvalue weighted by Crippen LogP contribution is 2.32. The number of aromatic nitrogens is 3. The van der Waals surface area contributed by atoms with Crippen LogP contribution in [0.25, 0.3) is 27.8 Å². The van der Waals surface area contributed by atoms with Crippen molar-refractivity contribution in [2.75, 3.05) is 5.75 Å². The molecule has 0 radical (unpaired) electrons. The van der Waals surface area contributed by atoms with Gasteiger partial charge in [-0.15, -0.1) is 0 Å². The van der Waals surface area contributed by atoms with Crippen LogP contribution in [0.1, 0.15) is 6.92 Å². The topological polar surface area (TPSA) is 64.8 Å². The van der Waals surface area contributed by atoms with Crippen LogP contribution in [0.5, 0.6) is 0 Å². The van der Waals surface area contributed by atoms with Crippen molar-refractivity contribution in [2.45, 2.75) is 11.8 Å². The van der Waals surface area contributed by atoms with Gasteiger partial charge in [0.2, 0.25) is 5.28 Å². The fraction of sp³-hybridized carbons (Fsp3) is 0.100. The highest BCUT2D eigenvalue weighted by atomic mass is 35.5. The maximum Gasteiger partial charge on any atom is 0.224 e. The Balaban J connectivity index is 2.06. The number of benzene rings is 2. The minimum Gasteiger partial charge on any atom is -0.299 e. The molecule has 2 aromatic carbocycles. The minimum atomic E-state index is -3.40. The van der Waals surface area contributed by atoms with E-state index in [9.17, 15) is 8.42 Å². The number of hydrogen-bond donors (Lipinski definition) is 0. The Morgan fingerprint density at radius 2 is 1.74 bits per heavy atom. The van der Waals surface area contributed by atoms with E-state index in [2.05, 4.69) is 9.97 Å². The van der Waals surface area contributed by atoms with E-state index in [1.807, 2.05) is 48.5 Å². The molecule has 0 aliphatic rings. The van der Waals surface area contributed by atoms with Gasteiger partial charge in [0, 0.05) is 23.3 Å². The quantitative estimate of drug-likeness (QED) is 0.474. The second kappa shape index (κ2) is 6.79. The Bertz CT molecular complexity index is 1230. The second-order valence-corrected chi connectivity index (χ2v) is 8.61. The van der Waals surface area contributed by atoms with Gasteiger partial charge in [-0.3, -0.25) is 4.57 Å². The fourth-order valence-electron chi connectivity index (χ4n) is 3.08. The van der Waals surface area contributed by atoms with Gasteiger partial charge in [-0.05, 0) is 23.2 Å². The van der Waals surface area contributed by atoms with Gasteiger partial charge in [-0.25, -0.2) is 13.4 Å². The normalized spacial score (nSPS) is 11.8. The smallest absolute Gasteiger partial charge is 0.224 e. The largest absolute Gasteiger partial charge is 0.299 e. The Morgan fingerprint density at radius 3 is 2.48 bits per heavy atom. The average Bonchev–Trinajstić information content (AvgIpc) is 3.09. The molecule has 7 heteroatoms. The van der Waals surface area contributed by atoms with Crippen LogP contribution in [0.2, 0.25) is 5.28 Å². The van der Waals surface area contributed by atoms with Crippen LogP contribution in [-0.4, -0.2) is 28.7 Å². The molecule has 0 aliphatic heterocycles. The summed E-state index contributed by atoms with van der Waals surface area (Å²) >= 11 is 6.08. The van der Waals surface area contributed by atoms with E-state index in [-0.39, 0.29) is 15.9 Å². The summed E-state index contributed by atoms with van der Waals surface area (Å²) in [6.07, 6.45) is 3.28. The van der Waals surface area contributed by atoms with Crippen molar-refractivity contribution in [2.24, 2.45) is 0 Å². The van der Waals surface area contributed by atoms with Crippen molar-refractivity contribution in [1.82, 2.24) is 14.5 Å². The number of rotatable bonds is 4. The highest BCUT2D eigenvalue weighted by Gasteiger charge is 2.22. The molecule has 0 fully saturated rings. The third-order valence-corrected chi connectivity index (χ3v) is 6.38. The summed E-state index contributed by atoms with van der Waals surface area (Å²) in [5, 5.41) is 0.760. The molecule has 0 aliphatic carbocycles. The first-order valence-electron chi connectivity index (χ1n) is 8.42. The number of sulfone groups is 1. The van der Waals surface area contributed by atoms with Gasteiger partial charge in [-0.1, -0.05) is 55.5 Å². The van der Waals surface area contributed by atoms with Gasteiger partial charge in [-0.2, -0.15) is 4.98 Å². The Labute approximate surface area is 162 Å². The standard InChI is InChI=1S/C20H16ClN3O2S/c1-2-27(25,26)18-13-24(17-11-7-6-10-15(17)18)19-16(12-22-20(21)23-19)14-8-4-3-5-9-14/h3-13H,2H2,1H3. The Morgan fingerprint density at radius 1 is 1.04 bits per heavy atom. The van der Waals surface area contributed by atoms with Crippen molar-refractivity contribution in [3.63, 3.8) is 0 Å². The Kier molecular flexibility index (Phi) is 4.45. The lowest BCUT2D eigenvalue weighted by molar-refractivity contribution is 0.598. The first-order chi connectivity index (χ1) is 13.0. The molecule has 2 aromatic heterocycles. The SMILES string of the molecule is CCS(=O)(=O)c1cn(-c2nc(Cl)ncc2-c2ccccc2)c2ccccc12. The summed E-state index contributed by atoms with van der Waals surface area (Å²) in [7, 11) is -3.40. The number of para-hydroxylation sites is 1. The van der Waals surface area contributed by atoms with Crippen LogP contribution in [0, 0.1) is 0 Å². The molecule has 0 saturated carbocycles. The first kappa shape index (κ1) is 17.7. The molecular formula is C20H16ClN3O2S. The van der Waals surface area contributed by atoms with Crippen LogP contribution in [0.15, 0.2) is 71.9 Å². The number of fused-ring (bicyclic) bond motifs is 1. The van der Waals surface area contributed by atoms with Gasteiger partial charge in [0.25, 0.3) is 0 Å². The van der Waals surface area contributed by atoms with Crippen LogP contribution in [0.4, 0.5) is 0 Å². The van der Waals surface area contributed by atoms with Gasteiger partial charge in [0.15, 0.2) is 9.84 Å². The lowest BCUT2D eigenvalue weighted by atomic mass is 10.1. The van der Waals surface area contributed by atoms with E-state index in [1.54, 1.807) is 30.0 Å². The predicted molar refractivity (Wildman–Crippen MR) is 107 cm³/mol. The molecule has 0 unspecified atom stereocenters. The van der Waals surface area contributed by atoms with Crippen molar-refractivity contribution in [1.29, 1.82) is 0 Å². The third kappa shape index (κ3) is 3.11. The first-order valence-corrected chi connectivity index (χ1v) is 10.5. The third-order valence-electron chi connectivity index (χ3n) is 4.44. The summed E-state index contributed by atoms with van der Waals surface area (Å²) in [4.78, 5) is 8.82. The number of hydrogen-bond acceptors (Lipinski definition) is 4. The molecule has 0 spiro atoms. The zero-order valence-electron chi connectivity index (χ0n) is 14.5. The lowest BCUT2D eigenvalue weighted by Crippen LogP contribution is -2.04.